The summed E-state index contributed by atoms with van der Waals surface area (Å²) in [5.74, 6) is 0. The third-order valence-corrected chi connectivity index (χ3v) is 8.16. The summed E-state index contributed by atoms with van der Waals surface area (Å²) in [5.41, 5.74) is 2.41. The van der Waals surface area contributed by atoms with E-state index in [2.05, 4.69) is 9.51 Å². The van der Waals surface area contributed by atoms with Gasteiger partial charge in [-0.05, 0) is 24.6 Å². The standard InChI is InChI=1S/C23H22N2O8P2/c1-15-3-2-4-16(11-15)21-8-10-31-34(27,33-21)18-12-17-5-6-19-20(26)7-9-25(14-32-35(28,29)30)23(19)22(17)24-13-18/h2-7,9,11-13,21H,8,10,14H2,1H3,(H2,28,29,30). The van der Waals surface area contributed by atoms with Gasteiger partial charge in [0.1, 0.15) is 6.73 Å². The van der Waals surface area contributed by atoms with E-state index in [1.165, 1.54) is 23.0 Å². The van der Waals surface area contributed by atoms with Crippen LogP contribution in [0.2, 0.25) is 0 Å². The zero-order valence-corrected chi connectivity index (χ0v) is 20.4. The average Bonchev–Trinajstić information content (AvgIpc) is 2.82. The fourth-order valence-corrected chi connectivity index (χ4v) is 6.16. The van der Waals surface area contributed by atoms with Crippen LogP contribution >= 0.6 is 15.4 Å². The number of hydrogen-bond acceptors (Lipinski definition) is 7. The van der Waals surface area contributed by atoms with Crippen LogP contribution < -0.4 is 10.7 Å². The average molecular weight is 516 g/mol. The normalized spacial score (nSPS) is 20.9. The largest absolute Gasteiger partial charge is 0.471 e. The molecular weight excluding hydrogens is 494 g/mol. The molecule has 12 heteroatoms. The van der Waals surface area contributed by atoms with Crippen LogP contribution in [0.4, 0.5) is 0 Å². The SMILES string of the molecule is Cc1cccc(C2CCOP(=O)(c3cnc4c(ccc5c(=O)ccn(COP(=O)(O)O)c54)c3)O2)c1. The van der Waals surface area contributed by atoms with E-state index in [4.69, 9.17) is 18.8 Å². The molecule has 1 aliphatic rings. The van der Waals surface area contributed by atoms with Crippen LogP contribution in [0.5, 0.6) is 0 Å². The van der Waals surface area contributed by atoms with Crippen molar-refractivity contribution in [1.29, 1.82) is 0 Å². The van der Waals surface area contributed by atoms with Gasteiger partial charge in [0.05, 0.1) is 29.0 Å². The predicted molar refractivity (Wildman–Crippen MR) is 129 cm³/mol. The van der Waals surface area contributed by atoms with Crippen LogP contribution in [0.1, 0.15) is 23.7 Å². The highest BCUT2D eigenvalue weighted by molar-refractivity contribution is 7.62. The van der Waals surface area contributed by atoms with E-state index in [0.29, 0.717) is 28.2 Å². The van der Waals surface area contributed by atoms with Crippen molar-refractivity contribution in [3.05, 3.63) is 82.3 Å². The minimum absolute atomic E-state index is 0.255. The lowest BCUT2D eigenvalue weighted by atomic mass is 10.0. The molecule has 5 rings (SSSR count). The molecule has 0 bridgehead atoms. The van der Waals surface area contributed by atoms with E-state index in [9.17, 15) is 13.9 Å². The quantitative estimate of drug-likeness (QED) is 0.299. The number of benzene rings is 2. The Morgan fingerprint density at radius 2 is 2.06 bits per heavy atom. The minimum atomic E-state index is -4.74. The van der Waals surface area contributed by atoms with Gasteiger partial charge in [-0.15, -0.1) is 0 Å². The summed E-state index contributed by atoms with van der Waals surface area (Å²) in [7, 11) is -8.42. The molecule has 2 N–H and O–H groups in total. The second kappa shape index (κ2) is 9.08. The Bertz CT molecular complexity index is 1600. The van der Waals surface area contributed by atoms with E-state index in [1.807, 2.05) is 31.2 Å². The van der Waals surface area contributed by atoms with Crippen LogP contribution in [-0.2, 0) is 29.4 Å². The summed E-state index contributed by atoms with van der Waals surface area (Å²) < 4.78 is 42.5. The molecule has 0 radical (unpaired) electrons. The van der Waals surface area contributed by atoms with Gasteiger partial charge in [-0.1, -0.05) is 35.9 Å². The van der Waals surface area contributed by atoms with Crippen LogP contribution in [0, 0.1) is 6.92 Å². The second-order valence-corrected chi connectivity index (χ2v) is 11.5. The number of phosphoric acid groups is 1. The molecule has 4 aromatic rings. The Balaban J connectivity index is 1.56. The highest BCUT2D eigenvalue weighted by atomic mass is 31.2. The van der Waals surface area contributed by atoms with Gasteiger partial charge in [0.2, 0.25) is 0 Å². The minimum Gasteiger partial charge on any atom is -0.321 e. The Labute approximate surface area is 199 Å². The summed E-state index contributed by atoms with van der Waals surface area (Å²) >= 11 is 0. The maximum absolute atomic E-state index is 13.7. The van der Waals surface area contributed by atoms with Gasteiger partial charge in [0.15, 0.2) is 5.43 Å². The maximum Gasteiger partial charge on any atom is 0.471 e. The maximum atomic E-state index is 13.7. The van der Waals surface area contributed by atoms with E-state index in [-0.39, 0.29) is 17.3 Å². The van der Waals surface area contributed by atoms with Crippen LogP contribution in [0.3, 0.4) is 0 Å². The van der Waals surface area contributed by atoms with Gasteiger partial charge in [0, 0.05) is 35.7 Å². The number of rotatable bonds is 5. The molecule has 35 heavy (non-hydrogen) atoms. The molecule has 3 heterocycles. The van der Waals surface area contributed by atoms with Gasteiger partial charge in [-0.25, -0.2) is 4.57 Å². The lowest BCUT2D eigenvalue weighted by Gasteiger charge is -2.30. The molecule has 2 aromatic heterocycles. The first-order valence-corrected chi connectivity index (χ1v) is 13.8. The van der Waals surface area contributed by atoms with E-state index in [0.717, 1.165) is 11.1 Å². The van der Waals surface area contributed by atoms with Crippen molar-refractivity contribution in [1.82, 2.24) is 9.55 Å². The second-order valence-electron chi connectivity index (χ2n) is 8.25. The van der Waals surface area contributed by atoms with Crippen LogP contribution in [-0.4, -0.2) is 25.9 Å². The molecule has 2 unspecified atom stereocenters. The lowest BCUT2D eigenvalue weighted by molar-refractivity contribution is 0.0875. The summed E-state index contributed by atoms with van der Waals surface area (Å²) in [6.45, 7) is 1.74. The van der Waals surface area contributed by atoms with Crippen molar-refractivity contribution < 1.29 is 32.5 Å². The highest BCUT2D eigenvalue weighted by Gasteiger charge is 2.37. The first kappa shape index (κ1) is 24.0. The van der Waals surface area contributed by atoms with Gasteiger partial charge in [-0.2, -0.15) is 0 Å². The Kier molecular flexibility index (Phi) is 6.23. The molecule has 1 saturated heterocycles. The van der Waals surface area contributed by atoms with Crippen molar-refractivity contribution in [2.24, 2.45) is 0 Å². The lowest BCUT2D eigenvalue weighted by Crippen LogP contribution is -2.20. The Hall–Kier alpha value is -2.68. The summed E-state index contributed by atoms with van der Waals surface area (Å²) in [5, 5.41) is 1.12. The fourth-order valence-electron chi connectivity index (χ4n) is 4.14. The summed E-state index contributed by atoms with van der Waals surface area (Å²) in [6, 6.07) is 14.0. The third kappa shape index (κ3) is 4.87. The zero-order chi connectivity index (χ0) is 24.8. The number of aromatic nitrogens is 2. The topological polar surface area (TPSA) is 137 Å². The van der Waals surface area contributed by atoms with E-state index < -0.39 is 28.3 Å². The molecule has 2 aromatic carbocycles. The smallest absolute Gasteiger partial charge is 0.321 e. The first-order chi connectivity index (χ1) is 16.6. The van der Waals surface area contributed by atoms with Gasteiger partial charge in [-0.3, -0.25) is 23.4 Å². The summed E-state index contributed by atoms with van der Waals surface area (Å²) in [6.07, 6.45) is 2.92. The molecule has 0 amide bonds. The van der Waals surface area contributed by atoms with Crippen molar-refractivity contribution >= 4 is 42.5 Å². The van der Waals surface area contributed by atoms with Gasteiger partial charge >= 0.3 is 15.4 Å². The molecule has 182 valence electrons. The molecular formula is C23H22N2O8P2. The predicted octanol–water partition coefficient (Wildman–Crippen LogP) is 3.92. The third-order valence-electron chi connectivity index (χ3n) is 5.77. The Morgan fingerprint density at radius 1 is 1.23 bits per heavy atom. The molecule has 1 fully saturated rings. The van der Waals surface area contributed by atoms with Crippen LogP contribution in [0.25, 0.3) is 21.8 Å². The number of aryl methyl sites for hydroxylation is 1. The fraction of sp³-hybridized carbons (Fsp3) is 0.217. The zero-order valence-electron chi connectivity index (χ0n) is 18.6. The molecule has 0 aliphatic carbocycles. The van der Waals surface area contributed by atoms with Crippen LogP contribution in [0.15, 0.2) is 65.7 Å². The van der Waals surface area contributed by atoms with E-state index in [1.54, 1.807) is 18.2 Å². The summed E-state index contributed by atoms with van der Waals surface area (Å²) in [4.78, 5) is 35.0. The van der Waals surface area contributed by atoms with Crippen molar-refractivity contribution in [3.8, 4) is 0 Å². The first-order valence-electron chi connectivity index (χ1n) is 10.8. The number of phosphoric ester groups is 1. The Morgan fingerprint density at radius 3 is 2.83 bits per heavy atom. The molecule has 1 aliphatic heterocycles. The highest BCUT2D eigenvalue weighted by Crippen LogP contribution is 2.55. The molecule has 0 spiro atoms. The number of pyridine rings is 2. The molecule has 2 atom stereocenters. The van der Waals surface area contributed by atoms with E-state index >= 15 is 0 Å². The number of hydrogen-bond donors (Lipinski definition) is 2. The van der Waals surface area contributed by atoms with Gasteiger partial charge in [0.25, 0.3) is 0 Å². The van der Waals surface area contributed by atoms with Crippen molar-refractivity contribution in [2.75, 3.05) is 6.61 Å². The molecule has 10 nitrogen and oxygen atoms in total. The monoisotopic (exact) mass is 516 g/mol. The van der Waals surface area contributed by atoms with Crippen molar-refractivity contribution in [3.63, 3.8) is 0 Å². The van der Waals surface area contributed by atoms with Crippen molar-refractivity contribution in [2.45, 2.75) is 26.2 Å². The number of fused-ring (bicyclic) bond motifs is 3. The molecule has 0 saturated carbocycles. The number of nitrogens with zero attached hydrogens (tertiary/aromatic N) is 2. The van der Waals surface area contributed by atoms with Gasteiger partial charge < -0.3 is 18.9 Å².